The highest BCUT2D eigenvalue weighted by atomic mass is 16.6. The van der Waals surface area contributed by atoms with Crippen LogP contribution in [0.2, 0.25) is 0 Å². The predicted molar refractivity (Wildman–Crippen MR) is 129 cm³/mol. The maximum absolute atomic E-state index is 12.6. The van der Waals surface area contributed by atoms with Crippen molar-refractivity contribution in [3.63, 3.8) is 0 Å². The first kappa shape index (κ1) is 21.9. The SMILES string of the molecule is O=C(Nc1cnn(Cc2cccc3ccccc23)c1)c1ccc(COc2ccccc2[N+](=O)[O-])o1. The van der Waals surface area contributed by atoms with Crippen molar-refractivity contribution in [3.8, 4) is 5.75 Å². The van der Waals surface area contributed by atoms with Gasteiger partial charge in [-0.1, -0.05) is 54.6 Å². The molecule has 174 valence electrons. The molecule has 1 N–H and O–H groups in total. The van der Waals surface area contributed by atoms with Gasteiger partial charge in [0, 0.05) is 12.3 Å². The minimum atomic E-state index is -0.517. The molecule has 0 radical (unpaired) electrons. The van der Waals surface area contributed by atoms with Gasteiger partial charge in [0.05, 0.1) is 23.4 Å². The van der Waals surface area contributed by atoms with Gasteiger partial charge >= 0.3 is 5.69 Å². The quantitative estimate of drug-likeness (QED) is 0.240. The zero-order valence-electron chi connectivity index (χ0n) is 18.5. The highest BCUT2D eigenvalue weighted by Gasteiger charge is 2.16. The van der Waals surface area contributed by atoms with Gasteiger partial charge in [0.2, 0.25) is 0 Å². The summed E-state index contributed by atoms with van der Waals surface area (Å²) in [7, 11) is 0. The third-order valence-electron chi connectivity index (χ3n) is 5.42. The number of hydrogen-bond acceptors (Lipinski definition) is 6. The zero-order chi connectivity index (χ0) is 24.2. The molecule has 1 amide bonds. The summed E-state index contributed by atoms with van der Waals surface area (Å²) < 4.78 is 12.8. The zero-order valence-corrected chi connectivity index (χ0v) is 18.5. The number of rotatable bonds is 8. The van der Waals surface area contributed by atoms with Gasteiger partial charge in [0.25, 0.3) is 5.91 Å². The van der Waals surface area contributed by atoms with Crippen LogP contribution in [0, 0.1) is 10.1 Å². The third-order valence-corrected chi connectivity index (χ3v) is 5.42. The highest BCUT2D eigenvalue weighted by molar-refractivity contribution is 6.02. The Hall–Kier alpha value is -4.92. The standard InChI is InChI=1S/C26H20N4O5/c31-26(25-13-12-21(35-25)17-34-24-11-4-3-10-23(24)30(32)33)28-20-14-27-29(16-20)15-19-8-5-7-18-6-1-2-9-22(18)19/h1-14,16H,15,17H2,(H,28,31). The van der Waals surface area contributed by atoms with Gasteiger partial charge in [0.15, 0.2) is 11.5 Å². The fourth-order valence-electron chi connectivity index (χ4n) is 3.77. The average molecular weight is 468 g/mol. The topological polar surface area (TPSA) is 112 Å². The first-order chi connectivity index (χ1) is 17.1. The van der Waals surface area contributed by atoms with E-state index in [0.29, 0.717) is 18.0 Å². The number of ether oxygens (including phenoxy) is 1. The van der Waals surface area contributed by atoms with E-state index in [1.54, 1.807) is 35.3 Å². The summed E-state index contributed by atoms with van der Waals surface area (Å²) in [6, 6.07) is 23.5. The van der Waals surface area contributed by atoms with E-state index < -0.39 is 10.8 Å². The lowest BCUT2D eigenvalue weighted by Gasteiger charge is -2.06. The van der Waals surface area contributed by atoms with E-state index in [2.05, 4.69) is 34.7 Å². The number of benzene rings is 3. The molecule has 2 heterocycles. The van der Waals surface area contributed by atoms with Crippen LogP contribution in [0.25, 0.3) is 10.8 Å². The Labute approximate surface area is 199 Å². The lowest BCUT2D eigenvalue weighted by molar-refractivity contribution is -0.386. The monoisotopic (exact) mass is 468 g/mol. The molecule has 35 heavy (non-hydrogen) atoms. The number of anilines is 1. The largest absolute Gasteiger partial charge is 0.479 e. The van der Waals surface area contributed by atoms with Gasteiger partial charge in [-0.05, 0) is 34.5 Å². The van der Waals surface area contributed by atoms with Crippen LogP contribution >= 0.6 is 0 Å². The maximum atomic E-state index is 12.6. The first-order valence-electron chi connectivity index (χ1n) is 10.8. The van der Waals surface area contributed by atoms with Gasteiger partial charge in [-0.25, -0.2) is 0 Å². The number of aromatic nitrogens is 2. The Bertz CT molecular complexity index is 1520. The van der Waals surface area contributed by atoms with Crippen LogP contribution in [-0.4, -0.2) is 20.6 Å². The van der Waals surface area contributed by atoms with Crippen molar-refractivity contribution >= 4 is 28.1 Å². The van der Waals surface area contributed by atoms with Crippen molar-refractivity contribution in [1.29, 1.82) is 0 Å². The van der Waals surface area contributed by atoms with Crippen LogP contribution in [-0.2, 0) is 13.2 Å². The number of hydrogen-bond donors (Lipinski definition) is 1. The van der Waals surface area contributed by atoms with Crippen LogP contribution in [0.15, 0.2) is 95.7 Å². The molecule has 3 aromatic carbocycles. The Morgan fingerprint density at radius 3 is 2.71 bits per heavy atom. The van der Waals surface area contributed by atoms with Crippen molar-refractivity contribution in [1.82, 2.24) is 9.78 Å². The summed E-state index contributed by atoms with van der Waals surface area (Å²) in [4.78, 5) is 23.2. The molecule has 5 aromatic rings. The number of furan rings is 1. The van der Waals surface area contributed by atoms with Gasteiger partial charge < -0.3 is 14.5 Å². The van der Waals surface area contributed by atoms with Crippen molar-refractivity contribution in [2.45, 2.75) is 13.2 Å². The molecule has 2 aromatic heterocycles. The number of carbonyl (C=O) groups is 1. The molecule has 0 saturated heterocycles. The molecule has 0 spiro atoms. The first-order valence-corrected chi connectivity index (χ1v) is 10.8. The van der Waals surface area contributed by atoms with Crippen LogP contribution in [0.3, 0.4) is 0 Å². The van der Waals surface area contributed by atoms with Gasteiger partial charge in [-0.15, -0.1) is 0 Å². The van der Waals surface area contributed by atoms with Crippen molar-refractivity contribution in [2.24, 2.45) is 0 Å². The van der Waals surface area contributed by atoms with Crippen LogP contribution in [0.1, 0.15) is 21.9 Å². The molecule has 9 nitrogen and oxygen atoms in total. The lowest BCUT2D eigenvalue weighted by atomic mass is 10.0. The predicted octanol–water partition coefficient (Wildman–Crippen LogP) is 5.42. The van der Waals surface area contributed by atoms with E-state index in [1.807, 2.05) is 18.2 Å². The fraction of sp³-hybridized carbons (Fsp3) is 0.0769. The number of nitrogens with zero attached hydrogens (tertiary/aromatic N) is 3. The normalized spacial score (nSPS) is 10.9. The molecule has 0 aliphatic carbocycles. The molecule has 9 heteroatoms. The fourth-order valence-corrected chi connectivity index (χ4v) is 3.77. The van der Waals surface area contributed by atoms with E-state index in [9.17, 15) is 14.9 Å². The van der Waals surface area contributed by atoms with Crippen LogP contribution < -0.4 is 10.1 Å². The molecule has 0 unspecified atom stereocenters. The molecule has 0 saturated carbocycles. The molecule has 5 rings (SSSR count). The highest BCUT2D eigenvalue weighted by Crippen LogP contribution is 2.27. The van der Waals surface area contributed by atoms with Gasteiger partial charge in [-0.2, -0.15) is 5.10 Å². The van der Waals surface area contributed by atoms with Gasteiger partial charge in [0.1, 0.15) is 12.4 Å². The number of nitro benzene ring substituents is 1. The molecular formula is C26H20N4O5. The van der Waals surface area contributed by atoms with E-state index in [0.717, 1.165) is 16.3 Å². The lowest BCUT2D eigenvalue weighted by Crippen LogP contribution is -2.10. The third kappa shape index (κ3) is 4.88. The second-order valence-corrected chi connectivity index (χ2v) is 7.80. The molecular weight excluding hydrogens is 448 g/mol. The number of fused-ring (bicyclic) bond motifs is 1. The molecule has 0 atom stereocenters. The Balaban J connectivity index is 1.22. The molecule has 0 aliphatic heterocycles. The maximum Gasteiger partial charge on any atom is 0.310 e. The van der Waals surface area contributed by atoms with Gasteiger partial charge in [-0.3, -0.25) is 19.6 Å². The summed E-state index contributed by atoms with van der Waals surface area (Å²) in [5.74, 6) is 0.137. The van der Waals surface area contributed by atoms with E-state index in [4.69, 9.17) is 9.15 Å². The Morgan fingerprint density at radius 1 is 1.03 bits per heavy atom. The molecule has 0 fully saturated rings. The Kier molecular flexibility index (Phi) is 5.96. The second-order valence-electron chi connectivity index (χ2n) is 7.80. The second kappa shape index (κ2) is 9.52. The summed E-state index contributed by atoms with van der Waals surface area (Å²) in [5, 5.41) is 20.5. The number of carbonyl (C=O) groups excluding carboxylic acids is 1. The minimum Gasteiger partial charge on any atom is -0.479 e. The number of para-hydroxylation sites is 2. The van der Waals surface area contributed by atoms with Crippen molar-refractivity contribution in [3.05, 3.63) is 118 Å². The van der Waals surface area contributed by atoms with E-state index in [-0.39, 0.29) is 23.8 Å². The number of amides is 1. The van der Waals surface area contributed by atoms with E-state index in [1.165, 1.54) is 18.2 Å². The number of nitrogens with one attached hydrogen (secondary N) is 1. The number of nitro groups is 1. The molecule has 0 aliphatic rings. The molecule has 0 bridgehead atoms. The summed E-state index contributed by atoms with van der Waals surface area (Å²) in [6.07, 6.45) is 3.33. The van der Waals surface area contributed by atoms with Crippen LogP contribution in [0.5, 0.6) is 5.75 Å². The van der Waals surface area contributed by atoms with E-state index >= 15 is 0 Å². The van der Waals surface area contributed by atoms with Crippen LogP contribution in [0.4, 0.5) is 11.4 Å². The van der Waals surface area contributed by atoms with Crippen molar-refractivity contribution in [2.75, 3.05) is 5.32 Å². The van der Waals surface area contributed by atoms with Crippen molar-refractivity contribution < 1.29 is 18.9 Å². The summed E-state index contributed by atoms with van der Waals surface area (Å²) >= 11 is 0. The smallest absolute Gasteiger partial charge is 0.310 e. The minimum absolute atomic E-state index is 0.0545. The Morgan fingerprint density at radius 2 is 1.83 bits per heavy atom. The average Bonchev–Trinajstić information content (AvgIpc) is 3.53. The summed E-state index contributed by atoms with van der Waals surface area (Å²) in [6.45, 7) is 0.506. The summed E-state index contributed by atoms with van der Waals surface area (Å²) in [5.41, 5.74) is 1.51.